The van der Waals surface area contributed by atoms with Gasteiger partial charge in [-0.05, 0) is 30.7 Å². The second-order valence-corrected chi connectivity index (χ2v) is 5.02. The lowest BCUT2D eigenvalue weighted by Gasteiger charge is -2.07. The van der Waals surface area contributed by atoms with Gasteiger partial charge in [0.25, 0.3) is 0 Å². The van der Waals surface area contributed by atoms with Gasteiger partial charge in [0.1, 0.15) is 16.6 Å². The fourth-order valence-corrected chi connectivity index (χ4v) is 2.51. The molecular formula is C16H12N2O5. The summed E-state index contributed by atoms with van der Waals surface area (Å²) in [5.41, 5.74) is 0.250. The number of aromatic nitrogens is 2. The number of aliphatic hydroxyl groups is 1. The SMILES string of the molecule is COC(=O)c1ccc(=O)c2nc3c(=CO)c(C)cc(=O)c3[nH]c12. The van der Waals surface area contributed by atoms with Gasteiger partial charge in [-0.15, -0.1) is 0 Å². The van der Waals surface area contributed by atoms with Crippen LogP contribution in [0.1, 0.15) is 15.9 Å². The van der Waals surface area contributed by atoms with E-state index >= 15 is 0 Å². The molecule has 7 heteroatoms. The molecule has 0 unspecified atom stereocenters. The zero-order valence-electron chi connectivity index (χ0n) is 12.3. The number of methoxy groups -OCH3 is 1. The molecule has 3 aromatic rings. The first kappa shape index (κ1) is 14.7. The number of nitrogens with zero attached hydrogens (tertiary/aromatic N) is 1. The molecule has 0 atom stereocenters. The first-order valence-corrected chi connectivity index (χ1v) is 6.71. The quantitative estimate of drug-likeness (QED) is 0.501. The number of fused-ring (bicyclic) bond motifs is 2. The summed E-state index contributed by atoms with van der Waals surface area (Å²) >= 11 is 0. The van der Waals surface area contributed by atoms with Crippen LogP contribution in [0.5, 0.6) is 0 Å². The van der Waals surface area contributed by atoms with Crippen molar-refractivity contribution in [2.45, 2.75) is 6.92 Å². The zero-order chi connectivity index (χ0) is 16.7. The van der Waals surface area contributed by atoms with Gasteiger partial charge in [-0.1, -0.05) is 0 Å². The Morgan fingerprint density at radius 1 is 1.22 bits per heavy atom. The smallest absolute Gasteiger partial charge is 0.340 e. The highest BCUT2D eigenvalue weighted by Gasteiger charge is 2.16. The Balaban J connectivity index is 2.63. The first-order valence-electron chi connectivity index (χ1n) is 6.71. The average Bonchev–Trinajstić information content (AvgIpc) is 2.54. The van der Waals surface area contributed by atoms with Crippen molar-refractivity contribution < 1.29 is 14.6 Å². The number of rotatable bonds is 1. The third-order valence-electron chi connectivity index (χ3n) is 3.66. The van der Waals surface area contributed by atoms with Crippen molar-refractivity contribution in [1.82, 2.24) is 9.97 Å². The maximum Gasteiger partial charge on any atom is 0.340 e. The van der Waals surface area contributed by atoms with Crippen LogP contribution in [-0.4, -0.2) is 28.2 Å². The van der Waals surface area contributed by atoms with E-state index in [4.69, 9.17) is 0 Å². The molecule has 0 saturated carbocycles. The van der Waals surface area contributed by atoms with Gasteiger partial charge in [0.2, 0.25) is 10.9 Å². The van der Waals surface area contributed by atoms with Gasteiger partial charge in [0, 0.05) is 5.22 Å². The molecule has 0 radical (unpaired) electrons. The molecule has 0 saturated heterocycles. The number of benzene rings is 2. The van der Waals surface area contributed by atoms with Crippen molar-refractivity contribution in [3.05, 3.63) is 55.0 Å². The molecular weight excluding hydrogens is 300 g/mol. The van der Waals surface area contributed by atoms with E-state index in [1.807, 2.05) is 0 Å². The number of carbonyl (C=O) groups excluding carboxylic acids is 1. The largest absolute Gasteiger partial charge is 0.515 e. The van der Waals surface area contributed by atoms with Crippen LogP contribution in [-0.2, 0) is 4.74 Å². The van der Waals surface area contributed by atoms with Crippen LogP contribution in [0.4, 0.5) is 0 Å². The summed E-state index contributed by atoms with van der Waals surface area (Å²) in [4.78, 5) is 43.1. The second kappa shape index (κ2) is 5.20. The molecule has 0 amide bonds. The molecule has 1 aromatic heterocycles. The van der Waals surface area contributed by atoms with Gasteiger partial charge in [-0.2, -0.15) is 0 Å². The maximum absolute atomic E-state index is 12.2. The summed E-state index contributed by atoms with van der Waals surface area (Å²) in [6, 6.07) is 3.86. The van der Waals surface area contributed by atoms with Crippen LogP contribution >= 0.6 is 0 Å². The number of esters is 1. The minimum absolute atomic E-state index is 0.00602. The third kappa shape index (κ3) is 2.13. The minimum Gasteiger partial charge on any atom is -0.515 e. The van der Waals surface area contributed by atoms with Crippen molar-refractivity contribution >= 4 is 34.3 Å². The van der Waals surface area contributed by atoms with Crippen LogP contribution in [0.15, 0.2) is 27.8 Å². The number of hydrogen-bond donors (Lipinski definition) is 2. The van der Waals surface area contributed by atoms with E-state index in [9.17, 15) is 19.5 Å². The predicted molar refractivity (Wildman–Crippen MR) is 84.5 cm³/mol. The Morgan fingerprint density at radius 2 is 1.96 bits per heavy atom. The molecule has 0 spiro atoms. The minimum atomic E-state index is -0.652. The third-order valence-corrected chi connectivity index (χ3v) is 3.66. The number of ether oxygens (including phenoxy) is 1. The normalized spacial score (nSPS) is 12.0. The average molecular weight is 312 g/mol. The fourth-order valence-electron chi connectivity index (χ4n) is 2.51. The summed E-state index contributed by atoms with van der Waals surface area (Å²) in [7, 11) is 1.22. The van der Waals surface area contributed by atoms with Crippen molar-refractivity contribution in [2.75, 3.05) is 7.11 Å². The molecule has 0 fully saturated rings. The lowest BCUT2D eigenvalue weighted by molar-refractivity contribution is 0.0602. The fraction of sp³-hybridized carbons (Fsp3) is 0.125. The molecule has 0 bridgehead atoms. The maximum atomic E-state index is 12.2. The van der Waals surface area contributed by atoms with Gasteiger partial charge in [-0.3, -0.25) is 9.59 Å². The van der Waals surface area contributed by atoms with E-state index in [0.29, 0.717) is 10.8 Å². The van der Waals surface area contributed by atoms with Crippen molar-refractivity contribution in [2.24, 2.45) is 0 Å². The summed E-state index contributed by atoms with van der Waals surface area (Å²) in [6.45, 7) is 1.65. The number of aryl methyl sites for hydroxylation is 1. The monoisotopic (exact) mass is 312 g/mol. The van der Waals surface area contributed by atoms with Gasteiger partial charge in [0.15, 0.2) is 0 Å². The summed E-state index contributed by atoms with van der Waals surface area (Å²) in [6.07, 6.45) is 0.832. The summed E-state index contributed by atoms with van der Waals surface area (Å²) in [5.74, 6) is -0.652. The van der Waals surface area contributed by atoms with Gasteiger partial charge < -0.3 is 14.8 Å². The highest BCUT2D eigenvalue weighted by molar-refractivity contribution is 6.03. The van der Waals surface area contributed by atoms with E-state index in [2.05, 4.69) is 14.7 Å². The molecule has 2 aromatic carbocycles. The van der Waals surface area contributed by atoms with E-state index in [-0.39, 0.29) is 33.1 Å². The number of carbonyl (C=O) groups is 1. The standard InChI is InChI=1S/C16H12N2O5/c1-7-5-11(21)15-13(9(7)6-19)18-14-10(20)4-3-8(12(14)17-15)16(22)23-2/h3-6,17,19H,1-2H3. The number of H-pyrrole nitrogens is 1. The Bertz CT molecular complexity index is 1130. The van der Waals surface area contributed by atoms with Crippen LogP contribution < -0.4 is 16.1 Å². The molecule has 0 aliphatic rings. The van der Waals surface area contributed by atoms with Crippen LogP contribution in [0.3, 0.4) is 0 Å². The molecule has 7 nitrogen and oxygen atoms in total. The van der Waals surface area contributed by atoms with E-state index in [1.54, 1.807) is 6.92 Å². The Hall–Kier alpha value is -3.22. The molecule has 1 heterocycles. The lowest BCUT2D eigenvalue weighted by atomic mass is 10.1. The Kier molecular flexibility index (Phi) is 3.33. The van der Waals surface area contributed by atoms with Crippen molar-refractivity contribution in [3.63, 3.8) is 0 Å². The van der Waals surface area contributed by atoms with Crippen LogP contribution in [0, 0.1) is 6.92 Å². The van der Waals surface area contributed by atoms with E-state index in [0.717, 1.165) is 6.26 Å². The Morgan fingerprint density at radius 3 is 2.61 bits per heavy atom. The van der Waals surface area contributed by atoms with E-state index < -0.39 is 11.4 Å². The number of nitrogens with one attached hydrogen (secondary N) is 1. The lowest BCUT2D eigenvalue weighted by Crippen LogP contribution is -2.19. The summed E-state index contributed by atoms with van der Waals surface area (Å²) in [5, 5.41) is 9.73. The molecule has 116 valence electrons. The molecule has 23 heavy (non-hydrogen) atoms. The first-order chi connectivity index (χ1) is 11.0. The van der Waals surface area contributed by atoms with Gasteiger partial charge >= 0.3 is 5.97 Å². The molecule has 0 aliphatic heterocycles. The Labute approximate surface area is 128 Å². The van der Waals surface area contributed by atoms with Crippen LogP contribution in [0.2, 0.25) is 0 Å². The zero-order valence-corrected chi connectivity index (χ0v) is 12.3. The number of aliphatic hydroxyl groups excluding tert-OH is 1. The number of aromatic amines is 1. The predicted octanol–water partition coefficient (Wildman–Crippen LogP) is 0.546. The van der Waals surface area contributed by atoms with Crippen molar-refractivity contribution in [1.29, 1.82) is 0 Å². The highest BCUT2D eigenvalue weighted by atomic mass is 16.5. The van der Waals surface area contributed by atoms with E-state index in [1.165, 1.54) is 25.3 Å². The van der Waals surface area contributed by atoms with Gasteiger partial charge in [0.05, 0.1) is 24.5 Å². The molecule has 3 rings (SSSR count). The number of hydrogen-bond acceptors (Lipinski definition) is 6. The molecule has 2 N–H and O–H groups in total. The summed E-state index contributed by atoms with van der Waals surface area (Å²) < 4.78 is 4.68. The highest BCUT2D eigenvalue weighted by Crippen LogP contribution is 2.15. The van der Waals surface area contributed by atoms with Crippen LogP contribution in [0.25, 0.3) is 28.3 Å². The second-order valence-electron chi connectivity index (χ2n) is 5.02. The topological polar surface area (TPSA) is 109 Å². The molecule has 0 aliphatic carbocycles. The van der Waals surface area contributed by atoms with Gasteiger partial charge in [-0.25, -0.2) is 9.78 Å². The van der Waals surface area contributed by atoms with Crippen molar-refractivity contribution in [3.8, 4) is 0 Å².